The van der Waals surface area contributed by atoms with Crippen LogP contribution in [0.2, 0.25) is 5.02 Å². The van der Waals surface area contributed by atoms with Gasteiger partial charge >= 0.3 is 0 Å². The molecule has 1 N–H and O–H groups in total. The molecule has 180 valence electrons. The number of rotatable bonds is 5. The summed E-state index contributed by atoms with van der Waals surface area (Å²) in [5.74, 6) is -0.728. The summed E-state index contributed by atoms with van der Waals surface area (Å²) in [4.78, 5) is 19.6. The Kier molecular flexibility index (Phi) is 5.93. The number of aryl methyl sites for hydroxylation is 2. The van der Waals surface area contributed by atoms with Crippen molar-refractivity contribution in [2.75, 3.05) is 6.61 Å². The number of fused-ring (bicyclic) bond motifs is 3. The molecule has 0 saturated carbocycles. The number of aromatic nitrogens is 3. The fraction of sp³-hybridized carbons (Fsp3) is 0.458. The molecule has 2 aliphatic heterocycles. The van der Waals surface area contributed by atoms with Gasteiger partial charge in [-0.25, -0.2) is 18.3 Å². The summed E-state index contributed by atoms with van der Waals surface area (Å²) in [7, 11) is 0. The van der Waals surface area contributed by atoms with E-state index in [1.165, 1.54) is 18.2 Å². The largest absolute Gasteiger partial charge is 0.491 e. The number of benzene rings is 1. The SMILES string of the molecule is CCC1CC(F)C(COc2cc(F)ccc2C(=O)N2Cc3nn4c(C)c(Cl)c(C)nc4c3C2)N1. The van der Waals surface area contributed by atoms with E-state index in [-0.39, 0.29) is 29.9 Å². The molecule has 5 rings (SSSR count). The zero-order chi connectivity index (χ0) is 24.1. The van der Waals surface area contributed by atoms with E-state index in [4.69, 9.17) is 16.3 Å². The van der Waals surface area contributed by atoms with Crippen LogP contribution in [0.25, 0.3) is 5.65 Å². The van der Waals surface area contributed by atoms with Gasteiger partial charge in [0.15, 0.2) is 5.65 Å². The van der Waals surface area contributed by atoms with Crippen LogP contribution in [0.3, 0.4) is 0 Å². The first-order chi connectivity index (χ1) is 16.3. The first kappa shape index (κ1) is 23.0. The molecule has 1 aromatic carbocycles. The lowest BCUT2D eigenvalue weighted by Gasteiger charge is -2.20. The van der Waals surface area contributed by atoms with Gasteiger partial charge in [-0.3, -0.25) is 4.79 Å². The van der Waals surface area contributed by atoms with Crippen molar-refractivity contribution in [2.45, 2.75) is 65.0 Å². The Morgan fingerprint density at radius 1 is 1.32 bits per heavy atom. The Morgan fingerprint density at radius 3 is 2.85 bits per heavy atom. The molecule has 4 heterocycles. The van der Waals surface area contributed by atoms with Crippen LogP contribution in [0.15, 0.2) is 18.2 Å². The number of carbonyl (C=O) groups is 1. The monoisotopic (exact) mass is 489 g/mol. The molecule has 3 aromatic rings. The zero-order valence-corrected chi connectivity index (χ0v) is 20.0. The Morgan fingerprint density at radius 2 is 2.12 bits per heavy atom. The lowest BCUT2D eigenvalue weighted by atomic mass is 10.1. The van der Waals surface area contributed by atoms with E-state index in [0.29, 0.717) is 35.9 Å². The number of hydrogen-bond acceptors (Lipinski definition) is 5. The fourth-order valence-electron chi connectivity index (χ4n) is 4.75. The van der Waals surface area contributed by atoms with Gasteiger partial charge in [-0.05, 0) is 38.8 Å². The van der Waals surface area contributed by atoms with Crippen LogP contribution >= 0.6 is 11.6 Å². The van der Waals surface area contributed by atoms with Crippen LogP contribution in [-0.2, 0) is 13.1 Å². The highest BCUT2D eigenvalue weighted by molar-refractivity contribution is 6.31. The summed E-state index contributed by atoms with van der Waals surface area (Å²) in [5, 5.41) is 8.37. The molecular formula is C24H26ClF2N5O2. The van der Waals surface area contributed by atoms with Gasteiger partial charge in [-0.2, -0.15) is 5.10 Å². The standard InChI is InChI=1S/C24H26ClF2N5O2/c1-4-15-8-18(27)20(29-15)11-34-21-7-14(26)5-6-16(21)24(33)31-9-17-19(10-31)30-32-13(3)22(25)12(2)28-23(17)32/h5-7,15,18,20,29H,4,8-11H2,1-3H3. The molecule has 7 nitrogen and oxygen atoms in total. The highest BCUT2D eigenvalue weighted by atomic mass is 35.5. The van der Waals surface area contributed by atoms with Crippen LogP contribution in [0.5, 0.6) is 5.75 Å². The van der Waals surface area contributed by atoms with Gasteiger partial charge in [0.2, 0.25) is 0 Å². The lowest BCUT2D eigenvalue weighted by Crippen LogP contribution is -2.37. The highest BCUT2D eigenvalue weighted by Gasteiger charge is 2.34. The summed E-state index contributed by atoms with van der Waals surface area (Å²) < 4.78 is 35.8. The zero-order valence-electron chi connectivity index (χ0n) is 19.2. The molecule has 34 heavy (non-hydrogen) atoms. The topological polar surface area (TPSA) is 71.8 Å². The third-order valence-corrected chi connectivity index (χ3v) is 7.27. The fourth-order valence-corrected chi connectivity index (χ4v) is 4.87. The van der Waals surface area contributed by atoms with Crippen LogP contribution in [0, 0.1) is 19.7 Å². The minimum Gasteiger partial charge on any atom is -0.491 e. The number of ether oxygens (including phenoxy) is 1. The summed E-state index contributed by atoms with van der Waals surface area (Å²) in [6.45, 7) is 6.32. The molecule has 1 fully saturated rings. The van der Waals surface area contributed by atoms with E-state index in [1.807, 2.05) is 20.8 Å². The van der Waals surface area contributed by atoms with Crippen LogP contribution in [-0.4, -0.2) is 50.3 Å². The summed E-state index contributed by atoms with van der Waals surface area (Å²) in [6.07, 6.45) is 0.196. The van der Waals surface area contributed by atoms with Crippen molar-refractivity contribution in [1.29, 1.82) is 0 Å². The minimum absolute atomic E-state index is 0.0126. The predicted octanol–water partition coefficient (Wildman–Crippen LogP) is 4.15. The van der Waals surface area contributed by atoms with E-state index in [2.05, 4.69) is 15.4 Å². The second-order valence-corrected chi connectivity index (χ2v) is 9.38. The number of amides is 1. The third-order valence-electron chi connectivity index (χ3n) is 6.72. The van der Waals surface area contributed by atoms with Gasteiger partial charge < -0.3 is 15.0 Å². The normalized spacial score (nSPS) is 21.9. The Labute approximate surface area is 201 Å². The average molecular weight is 490 g/mol. The molecule has 1 amide bonds. The number of halogens is 3. The van der Waals surface area contributed by atoms with Crippen molar-refractivity contribution in [3.63, 3.8) is 0 Å². The van der Waals surface area contributed by atoms with Crippen molar-refractivity contribution in [3.05, 3.63) is 57.2 Å². The van der Waals surface area contributed by atoms with Crippen molar-refractivity contribution in [1.82, 2.24) is 24.8 Å². The van der Waals surface area contributed by atoms with E-state index in [1.54, 1.807) is 9.42 Å². The Balaban J connectivity index is 1.36. The number of hydrogen-bond donors (Lipinski definition) is 1. The summed E-state index contributed by atoms with van der Waals surface area (Å²) in [5.41, 5.74) is 4.01. The van der Waals surface area contributed by atoms with Crippen LogP contribution in [0.1, 0.15) is 52.8 Å². The highest BCUT2D eigenvalue weighted by Crippen LogP contribution is 2.32. The average Bonchev–Trinajstić information content (AvgIpc) is 3.49. The maximum atomic E-state index is 14.3. The van der Waals surface area contributed by atoms with Gasteiger partial charge in [-0.15, -0.1) is 0 Å². The minimum atomic E-state index is -1.05. The molecule has 2 aromatic heterocycles. The van der Waals surface area contributed by atoms with E-state index in [9.17, 15) is 13.6 Å². The van der Waals surface area contributed by atoms with Crippen LogP contribution < -0.4 is 10.1 Å². The van der Waals surface area contributed by atoms with E-state index < -0.39 is 18.0 Å². The smallest absolute Gasteiger partial charge is 0.258 e. The van der Waals surface area contributed by atoms with E-state index >= 15 is 0 Å². The molecule has 0 bridgehead atoms. The molecule has 3 unspecified atom stereocenters. The summed E-state index contributed by atoms with van der Waals surface area (Å²) >= 11 is 6.31. The van der Waals surface area contributed by atoms with Gasteiger partial charge in [0.05, 0.1) is 46.8 Å². The maximum Gasteiger partial charge on any atom is 0.258 e. The number of carbonyl (C=O) groups excluding carboxylic acids is 1. The quantitative estimate of drug-likeness (QED) is 0.583. The second kappa shape index (κ2) is 8.78. The third kappa shape index (κ3) is 3.90. The lowest BCUT2D eigenvalue weighted by molar-refractivity contribution is 0.0744. The van der Waals surface area contributed by atoms with Gasteiger partial charge in [0.25, 0.3) is 5.91 Å². The van der Waals surface area contributed by atoms with Gasteiger partial charge in [0, 0.05) is 17.7 Å². The maximum absolute atomic E-state index is 14.3. The van der Waals surface area contributed by atoms with E-state index in [0.717, 1.165) is 23.4 Å². The Bertz CT molecular complexity index is 1280. The number of alkyl halides is 1. The van der Waals surface area contributed by atoms with Gasteiger partial charge in [-0.1, -0.05) is 18.5 Å². The second-order valence-electron chi connectivity index (χ2n) is 9.00. The van der Waals surface area contributed by atoms with Crippen molar-refractivity contribution < 1.29 is 18.3 Å². The Hall–Kier alpha value is -2.78. The first-order valence-corrected chi connectivity index (χ1v) is 11.8. The molecule has 0 spiro atoms. The number of nitrogens with zero attached hydrogens (tertiary/aromatic N) is 4. The molecular weight excluding hydrogens is 464 g/mol. The molecule has 2 aliphatic rings. The van der Waals surface area contributed by atoms with Crippen molar-refractivity contribution in [3.8, 4) is 5.75 Å². The molecule has 1 saturated heterocycles. The van der Waals surface area contributed by atoms with Crippen molar-refractivity contribution in [2.24, 2.45) is 0 Å². The number of nitrogens with one attached hydrogen (secondary N) is 1. The summed E-state index contributed by atoms with van der Waals surface area (Å²) in [6, 6.07) is 3.41. The van der Waals surface area contributed by atoms with Crippen LogP contribution in [0.4, 0.5) is 8.78 Å². The predicted molar refractivity (Wildman–Crippen MR) is 123 cm³/mol. The molecule has 0 radical (unpaired) electrons. The first-order valence-electron chi connectivity index (χ1n) is 11.4. The van der Waals surface area contributed by atoms with Crippen molar-refractivity contribution >= 4 is 23.2 Å². The molecule has 3 atom stereocenters. The molecule has 10 heteroatoms. The molecule has 0 aliphatic carbocycles. The van der Waals surface area contributed by atoms with Gasteiger partial charge in [0.1, 0.15) is 24.3 Å².